The van der Waals surface area contributed by atoms with Crippen molar-refractivity contribution in [2.75, 3.05) is 11.4 Å². The molecule has 0 spiro atoms. The number of rotatable bonds is 4. The van der Waals surface area contributed by atoms with E-state index in [-0.39, 0.29) is 5.91 Å². The van der Waals surface area contributed by atoms with E-state index < -0.39 is 0 Å². The van der Waals surface area contributed by atoms with Gasteiger partial charge in [0.15, 0.2) is 0 Å². The van der Waals surface area contributed by atoms with E-state index in [9.17, 15) is 4.79 Å². The standard InChI is InChI=1S/C13H13N3O/c1-4-10(3)13(17)16(5-2)12-7-6-11(8-14)9-15-12/h4,6-7,9H,1,3,5H2,2H3. The second-order valence-corrected chi connectivity index (χ2v) is 3.30. The van der Waals surface area contributed by atoms with Crippen LogP contribution in [0.4, 0.5) is 5.82 Å². The molecule has 0 aliphatic heterocycles. The van der Waals surface area contributed by atoms with Gasteiger partial charge in [0.05, 0.1) is 5.56 Å². The topological polar surface area (TPSA) is 57.0 Å². The summed E-state index contributed by atoms with van der Waals surface area (Å²) in [5.74, 6) is 0.263. The van der Waals surface area contributed by atoms with E-state index in [1.165, 1.54) is 17.2 Å². The van der Waals surface area contributed by atoms with E-state index in [0.29, 0.717) is 23.5 Å². The van der Waals surface area contributed by atoms with Crippen LogP contribution in [-0.4, -0.2) is 17.4 Å². The van der Waals surface area contributed by atoms with Crippen molar-refractivity contribution in [2.24, 2.45) is 0 Å². The molecule has 17 heavy (non-hydrogen) atoms. The minimum atomic E-state index is -0.236. The van der Waals surface area contributed by atoms with Crippen LogP contribution in [0.5, 0.6) is 0 Å². The molecule has 4 heteroatoms. The van der Waals surface area contributed by atoms with Crippen molar-refractivity contribution >= 4 is 11.7 Å². The predicted octanol–water partition coefficient (Wildman–Crippen LogP) is 2.05. The van der Waals surface area contributed by atoms with Crippen LogP contribution < -0.4 is 4.90 Å². The molecule has 0 aromatic carbocycles. The molecule has 1 aromatic heterocycles. The Morgan fingerprint density at radius 2 is 2.35 bits per heavy atom. The number of anilines is 1. The number of aromatic nitrogens is 1. The van der Waals surface area contributed by atoms with Gasteiger partial charge in [-0.25, -0.2) is 4.98 Å². The van der Waals surface area contributed by atoms with Crippen molar-refractivity contribution in [1.82, 2.24) is 4.98 Å². The van der Waals surface area contributed by atoms with E-state index in [2.05, 4.69) is 18.1 Å². The summed E-state index contributed by atoms with van der Waals surface area (Å²) >= 11 is 0. The molecule has 0 aliphatic carbocycles. The second-order valence-electron chi connectivity index (χ2n) is 3.30. The van der Waals surface area contributed by atoms with Gasteiger partial charge in [-0.1, -0.05) is 19.2 Å². The van der Waals surface area contributed by atoms with Crippen LogP contribution in [-0.2, 0) is 4.79 Å². The summed E-state index contributed by atoms with van der Waals surface area (Å²) in [5, 5.41) is 8.66. The average molecular weight is 227 g/mol. The number of pyridine rings is 1. The van der Waals surface area contributed by atoms with Gasteiger partial charge in [-0.2, -0.15) is 5.26 Å². The Hall–Kier alpha value is -2.41. The molecule has 4 nitrogen and oxygen atoms in total. The van der Waals surface area contributed by atoms with Crippen LogP contribution in [0, 0.1) is 11.3 Å². The molecule has 0 N–H and O–H groups in total. The molecule has 0 unspecified atom stereocenters. The van der Waals surface area contributed by atoms with Crippen LogP contribution >= 0.6 is 0 Å². The zero-order chi connectivity index (χ0) is 12.8. The Morgan fingerprint density at radius 1 is 1.65 bits per heavy atom. The zero-order valence-corrected chi connectivity index (χ0v) is 9.68. The van der Waals surface area contributed by atoms with Gasteiger partial charge in [-0.3, -0.25) is 9.69 Å². The summed E-state index contributed by atoms with van der Waals surface area (Å²) in [6, 6.07) is 5.23. The van der Waals surface area contributed by atoms with Crippen molar-refractivity contribution < 1.29 is 4.79 Å². The fraction of sp³-hybridized carbons (Fsp3) is 0.154. The van der Waals surface area contributed by atoms with Gasteiger partial charge < -0.3 is 0 Å². The predicted molar refractivity (Wildman–Crippen MR) is 66.3 cm³/mol. The summed E-state index contributed by atoms with van der Waals surface area (Å²) in [4.78, 5) is 17.5. The lowest BCUT2D eigenvalue weighted by Crippen LogP contribution is -2.31. The second kappa shape index (κ2) is 5.61. The number of carbonyl (C=O) groups excluding carboxylic acids is 1. The first kappa shape index (κ1) is 12.7. The molecule has 0 atom stereocenters. The lowest BCUT2D eigenvalue weighted by Gasteiger charge is -2.19. The Balaban J connectivity index is 3.02. The third kappa shape index (κ3) is 2.79. The van der Waals surface area contributed by atoms with Gasteiger partial charge in [0.1, 0.15) is 11.9 Å². The first-order chi connectivity index (χ1) is 8.13. The maximum Gasteiger partial charge on any atom is 0.258 e. The average Bonchev–Trinajstić information content (AvgIpc) is 2.39. The number of nitrogens with zero attached hydrogens (tertiary/aromatic N) is 3. The third-order valence-electron chi connectivity index (χ3n) is 2.24. The lowest BCUT2D eigenvalue weighted by molar-refractivity contribution is -0.114. The summed E-state index contributed by atoms with van der Waals surface area (Å²) in [7, 11) is 0. The normalized spacial score (nSPS) is 9.18. The fourth-order valence-electron chi connectivity index (χ4n) is 1.28. The van der Waals surface area contributed by atoms with Crippen molar-refractivity contribution in [3.63, 3.8) is 0 Å². The minimum Gasteiger partial charge on any atom is -0.293 e. The van der Waals surface area contributed by atoms with E-state index >= 15 is 0 Å². The number of likely N-dealkylation sites (N-methyl/N-ethyl adjacent to an activating group) is 1. The highest BCUT2D eigenvalue weighted by Crippen LogP contribution is 2.13. The van der Waals surface area contributed by atoms with Crippen molar-refractivity contribution in [1.29, 1.82) is 5.26 Å². The van der Waals surface area contributed by atoms with E-state index in [1.807, 2.05) is 13.0 Å². The van der Waals surface area contributed by atoms with Crippen LogP contribution in [0.3, 0.4) is 0 Å². The highest BCUT2D eigenvalue weighted by molar-refractivity contribution is 6.06. The molecule has 86 valence electrons. The summed E-state index contributed by atoms with van der Waals surface area (Å²) in [6.07, 6.45) is 2.84. The molecule has 0 aliphatic rings. The molecule has 0 saturated carbocycles. The van der Waals surface area contributed by atoms with Crippen LogP contribution in [0.2, 0.25) is 0 Å². The van der Waals surface area contributed by atoms with Gasteiger partial charge in [0.25, 0.3) is 5.91 Å². The molecular formula is C13H13N3O. The molecule has 0 saturated heterocycles. The number of amides is 1. The maximum absolute atomic E-state index is 11.9. The first-order valence-electron chi connectivity index (χ1n) is 5.13. The third-order valence-corrected chi connectivity index (χ3v) is 2.24. The summed E-state index contributed by atoms with van der Waals surface area (Å²) in [5.41, 5.74) is 0.776. The van der Waals surface area contributed by atoms with E-state index in [1.54, 1.807) is 12.1 Å². The SMILES string of the molecule is C=CC(=C)C(=O)N(CC)c1ccc(C#N)cn1. The summed E-state index contributed by atoms with van der Waals surface area (Å²) < 4.78 is 0. The molecule has 1 heterocycles. The summed E-state index contributed by atoms with van der Waals surface area (Å²) in [6.45, 7) is 9.44. The van der Waals surface area contributed by atoms with E-state index in [0.717, 1.165) is 0 Å². The zero-order valence-electron chi connectivity index (χ0n) is 9.68. The number of hydrogen-bond donors (Lipinski definition) is 0. The maximum atomic E-state index is 11.9. The number of carbonyl (C=O) groups is 1. The van der Waals surface area contributed by atoms with E-state index in [4.69, 9.17) is 5.26 Å². The molecule has 0 radical (unpaired) electrons. The van der Waals surface area contributed by atoms with Gasteiger partial charge in [0, 0.05) is 18.3 Å². The van der Waals surface area contributed by atoms with Crippen LogP contribution in [0.25, 0.3) is 0 Å². The Bertz CT molecular complexity index is 482. The van der Waals surface area contributed by atoms with Crippen molar-refractivity contribution in [2.45, 2.75) is 6.92 Å². The molecule has 0 bridgehead atoms. The van der Waals surface area contributed by atoms with Gasteiger partial charge in [0.2, 0.25) is 0 Å². The Labute approximate surface area is 101 Å². The van der Waals surface area contributed by atoms with Crippen LogP contribution in [0.1, 0.15) is 12.5 Å². The first-order valence-corrected chi connectivity index (χ1v) is 5.13. The van der Waals surface area contributed by atoms with Crippen LogP contribution in [0.15, 0.2) is 43.1 Å². The quantitative estimate of drug-likeness (QED) is 0.584. The highest BCUT2D eigenvalue weighted by atomic mass is 16.2. The molecule has 1 rings (SSSR count). The smallest absolute Gasteiger partial charge is 0.258 e. The van der Waals surface area contributed by atoms with Gasteiger partial charge in [-0.05, 0) is 19.1 Å². The molecule has 1 aromatic rings. The highest BCUT2D eigenvalue weighted by Gasteiger charge is 2.16. The monoisotopic (exact) mass is 227 g/mol. The Morgan fingerprint density at radius 3 is 2.76 bits per heavy atom. The Kier molecular flexibility index (Phi) is 4.18. The largest absolute Gasteiger partial charge is 0.293 e. The fourth-order valence-corrected chi connectivity index (χ4v) is 1.28. The number of nitriles is 1. The van der Waals surface area contributed by atoms with Gasteiger partial charge in [-0.15, -0.1) is 0 Å². The molecule has 0 fully saturated rings. The molecule has 1 amide bonds. The van der Waals surface area contributed by atoms with Crippen molar-refractivity contribution in [3.8, 4) is 6.07 Å². The van der Waals surface area contributed by atoms with Gasteiger partial charge >= 0.3 is 0 Å². The van der Waals surface area contributed by atoms with Crippen molar-refractivity contribution in [3.05, 3.63) is 48.7 Å². The number of hydrogen-bond acceptors (Lipinski definition) is 3. The minimum absolute atomic E-state index is 0.236. The lowest BCUT2D eigenvalue weighted by atomic mass is 10.2. The molecular weight excluding hydrogens is 214 g/mol.